The number of fused-ring (bicyclic) bond motifs is 4. The van der Waals surface area contributed by atoms with Crippen LogP contribution in [0.15, 0.2) is 243 Å². The maximum atomic E-state index is 12.9. The monoisotopic (exact) mass is 2050 g/mol. The number of aliphatic hydroxyl groups excluding tert-OH is 5. The molecule has 782 valence electrons. The second-order valence-corrected chi connectivity index (χ2v) is 34.3. The number of aromatic hydroxyl groups is 11. The number of carbonyl (C=O) groups excluding carboxylic acids is 9. The highest BCUT2D eigenvalue weighted by Crippen LogP contribution is 2.45. The molecule has 4 fully saturated rings. The summed E-state index contributed by atoms with van der Waals surface area (Å²) in [6, 6.07) is 53.5. The van der Waals surface area contributed by atoms with Crippen molar-refractivity contribution in [1.29, 1.82) is 0 Å². The molecule has 0 unspecified atom stereocenters. The zero-order chi connectivity index (χ0) is 109. The van der Waals surface area contributed by atoms with Crippen LogP contribution in [0.4, 0.5) is 0 Å². The van der Waals surface area contributed by atoms with Crippen LogP contribution in [0.25, 0.3) is 94.9 Å². The lowest BCUT2D eigenvalue weighted by Crippen LogP contribution is -2.35. The number of rotatable bonds is 15. The van der Waals surface area contributed by atoms with Gasteiger partial charge in [-0.1, -0.05) is 152 Å². The molecule has 0 amide bonds. The van der Waals surface area contributed by atoms with Crippen molar-refractivity contribution in [2.75, 3.05) is 52.4 Å². The zero-order valence-electron chi connectivity index (χ0n) is 82.0. The van der Waals surface area contributed by atoms with Crippen LogP contribution in [0.5, 0.6) is 63.2 Å². The Kier molecular flexibility index (Phi) is 42.4. The molecule has 8 heterocycles. The van der Waals surface area contributed by atoms with Gasteiger partial charge >= 0.3 is 11.9 Å². The number of ether oxygens (including phenoxy) is 1. The van der Waals surface area contributed by atoms with Crippen LogP contribution in [-0.4, -0.2) is 223 Å². The second kappa shape index (κ2) is 54.7. The van der Waals surface area contributed by atoms with Crippen molar-refractivity contribution in [2.24, 2.45) is 0 Å². The van der Waals surface area contributed by atoms with Gasteiger partial charge in [-0.25, -0.2) is 4.79 Å². The normalized spacial score (nSPS) is 13.7. The molecule has 18 rings (SSSR count). The molecule has 0 atom stereocenters. The van der Waals surface area contributed by atoms with Crippen LogP contribution in [0.3, 0.4) is 0 Å². The number of nitrogens with zero attached hydrogens (tertiary/aromatic N) is 2. The van der Waals surface area contributed by atoms with Crippen molar-refractivity contribution in [3.63, 3.8) is 0 Å². The molecule has 0 aliphatic carbocycles. The van der Waals surface area contributed by atoms with Gasteiger partial charge in [0.1, 0.15) is 161 Å². The minimum absolute atomic E-state index is 0.0198. The zero-order valence-corrected chi connectivity index (χ0v) is 82.0. The molecule has 14 aromatic rings. The lowest BCUT2D eigenvalue weighted by atomic mass is 9.98. The molecule has 4 aliphatic heterocycles. The maximum Gasteiger partial charge on any atom is 0.342 e. The Hall–Kier alpha value is -17.1. The summed E-state index contributed by atoms with van der Waals surface area (Å²) in [7, 11) is 0. The number of phenolic OH excluding ortho intramolecular Hbond substituents is 11. The highest BCUT2D eigenvalue weighted by atomic mass is 16.6. The number of ketones is 5. The number of benzene rings is 10. The summed E-state index contributed by atoms with van der Waals surface area (Å²) in [6.07, 6.45) is 6.15. The highest BCUT2D eigenvalue weighted by molar-refractivity contribution is 6.11. The number of phenols is 11. The number of piperidine rings is 4. The minimum atomic E-state index is -0.885. The number of likely N-dealkylation sites (tertiary alicyclic amines) is 2. The molecule has 0 radical (unpaired) electrons. The average molecular weight is 2050 g/mol. The average Bonchev–Trinajstić information content (AvgIpc) is 0.725. The topological polar surface area (TPSA) is 638 Å². The van der Waals surface area contributed by atoms with Crippen molar-refractivity contribution in [1.82, 2.24) is 20.4 Å². The number of aliphatic hydroxyl groups is 5. The molecule has 4 aromatic heterocycles. The van der Waals surface area contributed by atoms with Crippen molar-refractivity contribution < 1.29 is 147 Å². The largest absolute Gasteiger partial charge is 0.508 e. The van der Waals surface area contributed by atoms with Gasteiger partial charge in [0.25, 0.3) is 0 Å². The molecule has 149 heavy (non-hydrogen) atoms. The molecule has 0 spiro atoms. The van der Waals surface area contributed by atoms with E-state index in [1.165, 1.54) is 65.0 Å². The van der Waals surface area contributed by atoms with Crippen molar-refractivity contribution in [3.05, 3.63) is 292 Å². The molecule has 18 N–H and O–H groups in total. The first-order valence-electron chi connectivity index (χ1n) is 46.6. The summed E-state index contributed by atoms with van der Waals surface area (Å²) in [6.45, 7) is 18.0. The Morgan fingerprint density at radius 3 is 1.03 bits per heavy atom. The lowest BCUT2D eigenvalue weighted by Gasteiger charge is -2.30. The van der Waals surface area contributed by atoms with Gasteiger partial charge in [0.2, 0.25) is 0 Å². The molecular weight excluding hydrogens is 1930 g/mol. The smallest absolute Gasteiger partial charge is 0.342 e. The second-order valence-electron chi connectivity index (χ2n) is 34.3. The van der Waals surface area contributed by atoms with E-state index in [0.717, 1.165) is 83.1 Å². The molecule has 38 heteroatoms. The third kappa shape index (κ3) is 30.5. The number of hydrogen-bond donors (Lipinski definition) is 18. The van der Waals surface area contributed by atoms with Crippen molar-refractivity contribution in [3.8, 4) is 109 Å². The molecule has 0 bridgehead atoms. The molecule has 0 saturated carbocycles. The summed E-state index contributed by atoms with van der Waals surface area (Å²) in [5.74, 6) is -7.86. The number of Topliss-reactive ketones (excluding diaryl/α,β-unsaturated/α-hetero) is 5. The van der Waals surface area contributed by atoms with E-state index in [-0.39, 0.29) is 161 Å². The Bertz CT molecular complexity index is 7310. The minimum Gasteiger partial charge on any atom is -0.508 e. The number of esters is 2. The lowest BCUT2D eigenvalue weighted by molar-refractivity contribution is -0.154. The van der Waals surface area contributed by atoms with Crippen molar-refractivity contribution >= 4 is 104 Å². The van der Waals surface area contributed by atoms with E-state index in [9.17, 15) is 109 Å². The van der Waals surface area contributed by atoms with E-state index >= 15 is 0 Å². The van der Waals surface area contributed by atoms with Crippen molar-refractivity contribution in [2.45, 2.75) is 130 Å². The van der Waals surface area contributed by atoms with Gasteiger partial charge in [0.05, 0.1) is 41.6 Å². The van der Waals surface area contributed by atoms with Crippen LogP contribution in [0, 0.1) is 0 Å². The van der Waals surface area contributed by atoms with Gasteiger partial charge < -0.3 is 124 Å². The standard InChI is InChI=1S/2C23H23NO6.2C17H12O5.C11H10O4.C8H8O4.2C5H11NO.2CH2O/c1-13(25)19-21(28)16(12-24-9-7-15(26)8-10-24)23-20(22(19)29)17(27)11-18(30-23)14-5-3-2-4-6-14;1-13(25)19-21(28)16(12-24-9-7-15(26)8-10-24)22(29)20-17(27)11-18(30-23(19)20)14-5-3-2-4-6-14;1-9(18)15-11(19)8-14-16(17(15)21)12(20)7-13(22-14)10-5-3-2-4-6-10;1-9(18)15-11(19)7-12(20)16-13(21)8-14(22-17(15)16)10-5-3-2-4-6-10;1-8(12)15-11(14)7-10(13)9-5-3-2-4-6-9;1-4(9)8-6(11)2-5(10)3-7(8)12;2*7-5-1-3-6-4-2-5;2*1-2/h2*2-6,11,15,26,28-29H,7-10,12H2,1H3;2-8,19,21H,1H3;2-8,19-20H,1H3;2-7,13H,1H3;2-3,10-12H,1H3;2*5-7H,1-4H2;2*1H2/b;;;;10-7-;;;;;. The van der Waals surface area contributed by atoms with Gasteiger partial charge in [-0.15, -0.1) is 0 Å². The molecule has 4 saturated heterocycles. The predicted octanol–water partition coefficient (Wildman–Crippen LogP) is 14.0. The number of nitrogens with one attached hydrogen (secondary N) is 2. The van der Waals surface area contributed by atoms with E-state index in [4.69, 9.17) is 52.8 Å². The van der Waals surface area contributed by atoms with Gasteiger partial charge in [-0.05, 0) is 112 Å². The summed E-state index contributed by atoms with van der Waals surface area (Å²) in [4.78, 5) is 150. The van der Waals surface area contributed by atoms with E-state index < -0.39 is 103 Å². The Morgan fingerprint density at radius 1 is 0.342 bits per heavy atom. The predicted molar refractivity (Wildman–Crippen MR) is 552 cm³/mol. The fourth-order valence-electron chi connectivity index (χ4n) is 16.2. The third-order valence-electron chi connectivity index (χ3n) is 23.5. The maximum absolute atomic E-state index is 12.9. The van der Waals surface area contributed by atoms with Gasteiger partial charge in [0.15, 0.2) is 67.4 Å². The Balaban J connectivity index is 0.000000195. The summed E-state index contributed by atoms with van der Waals surface area (Å²) in [5.41, 5.74) is 0.435. The first kappa shape index (κ1) is 115. The molecular formula is C111H114N4O34. The molecule has 4 aliphatic rings. The third-order valence-corrected chi connectivity index (χ3v) is 23.5. The SMILES string of the molecule is C=O.C=O.CC(=O)OC(=O)/C=C(\O)c1ccccc1.CC(=O)c1c(O)c(CN2CCC(O)CC2)c(O)c2c(=O)cc(-c3ccccc3)oc12.CC(=O)c1c(O)c(CN2CCC(O)CC2)c2oc(-c3ccccc3)cc(=O)c2c1O.CC(=O)c1c(O)cc(O)c2c(=O)cc(-c3ccccc3)oc12.CC(=O)c1c(O)cc(O)cc1O.CC(=O)c1c(O)cc2oc(-c3ccccc3)cc(=O)c2c1O.OC1CCNCC1.OC1CCNCC1. The summed E-state index contributed by atoms with van der Waals surface area (Å²) in [5, 5.41) is 162. The molecule has 38 nitrogen and oxygen atoms in total. The number of hydrogen-bond acceptors (Lipinski definition) is 38. The van der Waals surface area contributed by atoms with Crippen LogP contribution in [0.2, 0.25) is 0 Å². The van der Waals surface area contributed by atoms with E-state index in [2.05, 4.69) is 15.4 Å². The van der Waals surface area contributed by atoms with Gasteiger partial charge in [0, 0.05) is 123 Å². The highest BCUT2D eigenvalue weighted by Gasteiger charge is 2.32. The van der Waals surface area contributed by atoms with Gasteiger partial charge in [-0.2, -0.15) is 0 Å². The van der Waals surface area contributed by atoms with Crippen LogP contribution in [-0.2, 0) is 37.0 Å². The fraction of sp³-hybridized carbons (Fsp3) is 0.252. The van der Waals surface area contributed by atoms with Gasteiger partial charge in [-0.3, -0.25) is 57.7 Å². The fourth-order valence-corrected chi connectivity index (χ4v) is 16.2. The van der Waals surface area contributed by atoms with E-state index in [0.29, 0.717) is 91.2 Å². The van der Waals surface area contributed by atoms with E-state index in [1.807, 2.05) is 59.8 Å². The van der Waals surface area contributed by atoms with Crippen LogP contribution < -0.4 is 32.3 Å². The molecule has 10 aromatic carbocycles. The first-order chi connectivity index (χ1) is 71.1. The Morgan fingerprint density at radius 2 is 0.658 bits per heavy atom. The summed E-state index contributed by atoms with van der Waals surface area (Å²) >= 11 is 0. The quantitative estimate of drug-likeness (QED) is 0.0149. The van der Waals surface area contributed by atoms with Crippen LogP contribution in [0.1, 0.15) is 161 Å². The van der Waals surface area contributed by atoms with Crippen LogP contribution >= 0.6 is 0 Å². The first-order valence-corrected chi connectivity index (χ1v) is 46.6. The number of carbonyl (C=O) groups is 9. The summed E-state index contributed by atoms with van der Waals surface area (Å²) < 4.78 is 27.3. The Labute approximate surface area is 850 Å². The van der Waals surface area contributed by atoms with E-state index in [1.54, 1.807) is 115 Å².